The van der Waals surface area contributed by atoms with Crippen LogP contribution < -0.4 is 0 Å². The Balaban J connectivity index is 1.70. The molecule has 0 heterocycles. The van der Waals surface area contributed by atoms with Crippen molar-refractivity contribution in [2.24, 2.45) is 0 Å². The molecule has 40 heavy (non-hydrogen) atoms. The maximum Gasteiger partial charge on any atom is 0.0209 e. The van der Waals surface area contributed by atoms with Crippen LogP contribution in [0.3, 0.4) is 0 Å². The van der Waals surface area contributed by atoms with Crippen molar-refractivity contribution >= 4 is 92.8 Å². The van der Waals surface area contributed by atoms with E-state index < -0.39 is 0 Å². The van der Waals surface area contributed by atoms with Crippen molar-refractivity contribution < 1.29 is 0 Å². The molecule has 0 radical (unpaired) electrons. The molecule has 0 nitrogen and oxygen atoms in total. The predicted octanol–water partition coefficient (Wildman–Crippen LogP) is 11.8. The van der Waals surface area contributed by atoms with E-state index in [1.54, 1.807) is 0 Å². The molecule has 1 heteroatoms. The van der Waals surface area contributed by atoms with Gasteiger partial charge in [-0.1, -0.05) is 103 Å². The summed E-state index contributed by atoms with van der Waals surface area (Å²) in [5.74, 6) is 0. The van der Waals surface area contributed by atoms with Crippen molar-refractivity contribution in [2.45, 2.75) is 19.8 Å². The third-order valence-electron chi connectivity index (χ3n) is 9.17. The highest BCUT2D eigenvalue weighted by atomic mass is 127. The monoisotopic (exact) mass is 620 g/mol. The molecule has 0 N–H and O–H groups in total. The smallest absolute Gasteiger partial charge is 0.0209 e. The molecule has 8 aromatic carbocycles. The maximum absolute atomic E-state index is 2.51. The minimum atomic E-state index is 1.08. The Morgan fingerprint density at radius 2 is 1.10 bits per heavy atom. The lowest BCUT2D eigenvalue weighted by Crippen LogP contribution is -1.92. The summed E-state index contributed by atoms with van der Waals surface area (Å²) in [5.41, 5.74) is 6.76. The van der Waals surface area contributed by atoms with Gasteiger partial charge in [-0.3, -0.25) is 0 Å². The Hall–Kier alpha value is -3.95. The molecule has 0 amide bonds. The van der Waals surface area contributed by atoms with Crippen LogP contribution in [0.5, 0.6) is 0 Å². The van der Waals surface area contributed by atoms with Gasteiger partial charge in [0.25, 0.3) is 0 Å². The first kappa shape index (κ1) is 22.8. The number of benzene rings is 6. The van der Waals surface area contributed by atoms with Crippen molar-refractivity contribution in [1.82, 2.24) is 0 Å². The fourth-order valence-corrected chi connectivity index (χ4v) is 8.19. The van der Waals surface area contributed by atoms with Crippen LogP contribution in [0.4, 0.5) is 0 Å². The van der Waals surface area contributed by atoms with E-state index in [9.17, 15) is 0 Å². The van der Waals surface area contributed by atoms with Crippen LogP contribution in [0, 0.1) is 10.5 Å². The molecule has 0 aliphatic heterocycles. The Morgan fingerprint density at radius 1 is 0.500 bits per heavy atom. The second-order valence-corrected chi connectivity index (χ2v) is 12.4. The molecule has 9 rings (SSSR count). The van der Waals surface area contributed by atoms with Gasteiger partial charge in [0, 0.05) is 3.57 Å². The van der Waals surface area contributed by atoms with Crippen LogP contribution in [0.2, 0.25) is 0 Å². The number of rotatable bonds is 2. The summed E-state index contributed by atoms with van der Waals surface area (Å²) < 4.78 is 1.31. The summed E-state index contributed by atoms with van der Waals surface area (Å²) in [5, 5.41) is 16.6. The molecule has 0 unspecified atom stereocenters. The zero-order valence-electron chi connectivity index (χ0n) is 22.2. The van der Waals surface area contributed by atoms with Crippen LogP contribution in [0.15, 0.2) is 109 Å². The standard InChI is InChI=1S/C39H25I/c1-22-18-19-29-34-25(22)14-8-16-27(34)36-32(23-10-4-2-5-11-23)37-28-17-9-15-26-31(40)21-20-30(35(26)28)39(37)33(38(29)36)24-12-6-3-7-13-24/h3-4,6-21H,2,5H2,1H3. The summed E-state index contributed by atoms with van der Waals surface area (Å²) in [6.45, 7) is 2.25. The molecular weight excluding hydrogens is 595 g/mol. The highest BCUT2D eigenvalue weighted by molar-refractivity contribution is 14.1. The molecule has 0 spiro atoms. The fraction of sp³-hybridized carbons (Fsp3) is 0.0769. The van der Waals surface area contributed by atoms with Gasteiger partial charge in [-0.25, -0.2) is 0 Å². The molecule has 0 saturated carbocycles. The number of allylic oxidation sites excluding steroid dienone is 4. The first-order valence-electron chi connectivity index (χ1n) is 14.1. The molecule has 0 atom stereocenters. The number of halogens is 1. The van der Waals surface area contributed by atoms with Crippen LogP contribution in [0.1, 0.15) is 24.0 Å². The van der Waals surface area contributed by atoms with Crippen molar-refractivity contribution in [3.8, 4) is 11.1 Å². The molecule has 0 aromatic heterocycles. The van der Waals surface area contributed by atoms with Gasteiger partial charge in [-0.2, -0.15) is 0 Å². The first-order chi connectivity index (χ1) is 19.7. The average Bonchev–Trinajstić information content (AvgIpc) is 3.51. The minimum absolute atomic E-state index is 1.08. The van der Waals surface area contributed by atoms with Crippen molar-refractivity contribution in [3.05, 3.63) is 124 Å². The molecule has 1 aliphatic rings. The highest BCUT2D eigenvalue weighted by Gasteiger charge is 2.28. The minimum Gasteiger partial charge on any atom is -0.0836 e. The van der Waals surface area contributed by atoms with Crippen LogP contribution in [-0.2, 0) is 0 Å². The van der Waals surface area contributed by atoms with E-state index in [0.717, 1.165) is 12.8 Å². The van der Waals surface area contributed by atoms with Crippen molar-refractivity contribution in [1.29, 1.82) is 0 Å². The van der Waals surface area contributed by atoms with Crippen molar-refractivity contribution in [2.75, 3.05) is 0 Å². The van der Waals surface area contributed by atoms with E-state index >= 15 is 0 Å². The largest absolute Gasteiger partial charge is 0.0836 e. The molecule has 188 valence electrons. The van der Waals surface area contributed by atoms with E-state index in [1.165, 1.54) is 96.0 Å². The zero-order chi connectivity index (χ0) is 26.5. The van der Waals surface area contributed by atoms with E-state index in [2.05, 4.69) is 139 Å². The van der Waals surface area contributed by atoms with Gasteiger partial charge < -0.3 is 0 Å². The number of aryl methyl sites for hydroxylation is 1. The molecular formula is C39H25I. The molecule has 0 bridgehead atoms. The van der Waals surface area contributed by atoms with Crippen molar-refractivity contribution in [3.63, 3.8) is 0 Å². The van der Waals surface area contributed by atoms with Gasteiger partial charge in [-0.15, -0.1) is 0 Å². The third-order valence-corrected chi connectivity index (χ3v) is 10.1. The summed E-state index contributed by atoms with van der Waals surface area (Å²) in [6.07, 6.45) is 9.40. The predicted molar refractivity (Wildman–Crippen MR) is 183 cm³/mol. The summed E-state index contributed by atoms with van der Waals surface area (Å²) in [4.78, 5) is 0. The lowest BCUT2D eigenvalue weighted by molar-refractivity contribution is 1.04. The van der Waals surface area contributed by atoms with E-state index in [1.807, 2.05) is 0 Å². The molecule has 8 aromatic rings. The highest BCUT2D eigenvalue weighted by Crippen LogP contribution is 2.55. The second kappa shape index (κ2) is 8.28. The summed E-state index contributed by atoms with van der Waals surface area (Å²) in [7, 11) is 0. The number of hydrogen-bond donors (Lipinski definition) is 0. The van der Waals surface area contributed by atoms with E-state index in [4.69, 9.17) is 0 Å². The zero-order valence-corrected chi connectivity index (χ0v) is 24.3. The van der Waals surface area contributed by atoms with Gasteiger partial charge >= 0.3 is 0 Å². The lowest BCUT2D eigenvalue weighted by atomic mass is 9.86. The fourth-order valence-electron chi connectivity index (χ4n) is 7.57. The van der Waals surface area contributed by atoms with Gasteiger partial charge in [0.05, 0.1) is 0 Å². The van der Waals surface area contributed by atoms with E-state index in [-0.39, 0.29) is 0 Å². The van der Waals surface area contributed by atoms with Crippen LogP contribution in [0.25, 0.3) is 81.3 Å². The molecule has 1 aliphatic carbocycles. The summed E-state index contributed by atoms with van der Waals surface area (Å²) in [6, 6.07) is 34.3. The Kier molecular flexibility index (Phi) is 4.73. The van der Waals surface area contributed by atoms with Gasteiger partial charge in [0.2, 0.25) is 0 Å². The van der Waals surface area contributed by atoms with Gasteiger partial charge in [0.15, 0.2) is 0 Å². The van der Waals surface area contributed by atoms with Gasteiger partial charge in [-0.05, 0) is 141 Å². The van der Waals surface area contributed by atoms with Gasteiger partial charge in [0.1, 0.15) is 0 Å². The quantitative estimate of drug-likeness (QED) is 0.169. The summed E-state index contributed by atoms with van der Waals surface area (Å²) >= 11 is 2.51. The Bertz CT molecular complexity index is 2240. The topological polar surface area (TPSA) is 0 Å². The molecule has 0 saturated heterocycles. The first-order valence-corrected chi connectivity index (χ1v) is 15.2. The second-order valence-electron chi connectivity index (χ2n) is 11.2. The third kappa shape index (κ3) is 2.86. The average molecular weight is 621 g/mol. The van der Waals surface area contributed by atoms with E-state index in [0.29, 0.717) is 0 Å². The van der Waals surface area contributed by atoms with Crippen LogP contribution in [-0.4, -0.2) is 0 Å². The lowest BCUT2D eigenvalue weighted by Gasteiger charge is -2.17. The number of fused-ring (bicyclic) bond motifs is 6. The van der Waals surface area contributed by atoms with Crippen LogP contribution >= 0.6 is 22.6 Å². The maximum atomic E-state index is 2.51. The normalized spacial score (nSPS) is 14.1. The number of hydrogen-bond acceptors (Lipinski definition) is 0. The Morgan fingerprint density at radius 3 is 1.80 bits per heavy atom. The SMILES string of the molecule is Cc1ccc2c3c(-c4ccccc4)c4c5ccc(I)c6cccc(c4c(C4=CCCC=C4)c3c3cccc1c32)c65. The Labute approximate surface area is 246 Å². The molecule has 0 fully saturated rings.